The van der Waals surface area contributed by atoms with Gasteiger partial charge < -0.3 is 10.6 Å². The van der Waals surface area contributed by atoms with Gasteiger partial charge in [0.1, 0.15) is 11.6 Å². The molecule has 98 valence electrons. The Kier molecular flexibility index (Phi) is 3.91. The van der Waals surface area contributed by atoms with Gasteiger partial charge in [-0.3, -0.25) is 4.79 Å². The van der Waals surface area contributed by atoms with Gasteiger partial charge in [-0.15, -0.1) is 0 Å². The van der Waals surface area contributed by atoms with Gasteiger partial charge in [0.05, 0.1) is 6.42 Å². The highest BCUT2D eigenvalue weighted by molar-refractivity contribution is 5.79. The lowest BCUT2D eigenvalue weighted by atomic mass is 10.1. The second kappa shape index (κ2) is 5.44. The van der Waals surface area contributed by atoms with Crippen molar-refractivity contribution < 1.29 is 13.6 Å². The number of hydrogen-bond acceptors (Lipinski definition) is 2. The van der Waals surface area contributed by atoms with Crippen LogP contribution in [0.15, 0.2) is 18.2 Å². The van der Waals surface area contributed by atoms with E-state index in [9.17, 15) is 13.6 Å². The molecule has 0 aliphatic carbocycles. The summed E-state index contributed by atoms with van der Waals surface area (Å²) in [4.78, 5) is 13.6. The highest BCUT2D eigenvalue weighted by Gasteiger charge is 2.26. The number of hydrogen-bond donors (Lipinski definition) is 1. The number of halogens is 2. The molecule has 1 saturated heterocycles. The number of rotatable bonds is 3. The highest BCUT2D eigenvalue weighted by atomic mass is 19.1. The van der Waals surface area contributed by atoms with E-state index in [-0.39, 0.29) is 17.9 Å². The van der Waals surface area contributed by atoms with Crippen LogP contribution in [0.3, 0.4) is 0 Å². The first-order valence-corrected chi connectivity index (χ1v) is 6.02. The summed E-state index contributed by atoms with van der Waals surface area (Å²) in [7, 11) is 0. The largest absolute Gasteiger partial charge is 0.342 e. The summed E-state index contributed by atoms with van der Waals surface area (Å²) in [5.41, 5.74) is 5.39. The van der Waals surface area contributed by atoms with Crippen molar-refractivity contribution in [1.82, 2.24) is 4.90 Å². The van der Waals surface area contributed by atoms with Crippen LogP contribution in [-0.2, 0) is 11.2 Å². The maximum atomic E-state index is 13.4. The number of likely N-dealkylation sites (tertiary alicyclic amines) is 1. The van der Waals surface area contributed by atoms with Crippen LogP contribution in [0.2, 0.25) is 0 Å². The van der Waals surface area contributed by atoms with Crippen molar-refractivity contribution in [3.8, 4) is 0 Å². The molecule has 1 heterocycles. The summed E-state index contributed by atoms with van der Waals surface area (Å²) in [6.07, 6.45) is 0.637. The van der Waals surface area contributed by atoms with Crippen molar-refractivity contribution in [2.24, 2.45) is 11.7 Å². The number of benzene rings is 1. The molecule has 0 bridgehead atoms. The average Bonchev–Trinajstić information content (AvgIpc) is 2.82. The fourth-order valence-corrected chi connectivity index (χ4v) is 2.22. The molecule has 18 heavy (non-hydrogen) atoms. The van der Waals surface area contributed by atoms with Gasteiger partial charge in [-0.1, -0.05) is 6.07 Å². The molecular formula is C13H16F2N2O. The van der Waals surface area contributed by atoms with Crippen molar-refractivity contribution in [2.75, 3.05) is 19.6 Å². The van der Waals surface area contributed by atoms with Crippen molar-refractivity contribution in [3.05, 3.63) is 35.4 Å². The lowest BCUT2D eigenvalue weighted by Gasteiger charge is -2.16. The zero-order valence-electron chi connectivity index (χ0n) is 10.0. The summed E-state index contributed by atoms with van der Waals surface area (Å²) in [5.74, 6) is -1.27. The quantitative estimate of drug-likeness (QED) is 0.884. The number of carbonyl (C=O) groups excluding carboxylic acids is 1. The molecule has 0 saturated carbocycles. The van der Waals surface area contributed by atoms with Crippen LogP contribution in [-0.4, -0.2) is 30.4 Å². The lowest BCUT2D eigenvalue weighted by molar-refractivity contribution is -0.129. The predicted octanol–water partition coefficient (Wildman–Crippen LogP) is 1.31. The molecule has 1 aromatic carbocycles. The average molecular weight is 254 g/mol. The summed E-state index contributed by atoms with van der Waals surface area (Å²) in [6, 6.07) is 3.62. The van der Waals surface area contributed by atoms with E-state index in [1.807, 2.05) is 0 Å². The molecule has 1 atom stereocenters. The van der Waals surface area contributed by atoms with Crippen molar-refractivity contribution in [3.63, 3.8) is 0 Å². The van der Waals surface area contributed by atoms with Crippen LogP contribution in [0.1, 0.15) is 12.0 Å². The number of amides is 1. The molecule has 0 radical (unpaired) electrons. The molecule has 0 spiro atoms. The third kappa shape index (κ3) is 2.67. The fraction of sp³-hybridized carbons (Fsp3) is 0.462. The number of nitrogens with zero attached hydrogens (tertiary/aromatic N) is 1. The Balaban J connectivity index is 2.04. The molecule has 1 fully saturated rings. The molecular weight excluding hydrogens is 238 g/mol. The molecule has 1 aliphatic heterocycles. The van der Waals surface area contributed by atoms with E-state index in [4.69, 9.17) is 5.73 Å². The van der Waals surface area contributed by atoms with Crippen LogP contribution in [0.25, 0.3) is 0 Å². The van der Waals surface area contributed by atoms with Crippen LogP contribution < -0.4 is 5.73 Å². The molecule has 0 aromatic heterocycles. The monoisotopic (exact) mass is 254 g/mol. The minimum atomic E-state index is -0.669. The smallest absolute Gasteiger partial charge is 0.227 e. The third-order valence-corrected chi connectivity index (χ3v) is 3.36. The minimum Gasteiger partial charge on any atom is -0.342 e. The van der Waals surface area contributed by atoms with Gasteiger partial charge in [-0.05, 0) is 31.0 Å². The molecule has 2 N–H and O–H groups in total. The van der Waals surface area contributed by atoms with Crippen molar-refractivity contribution in [1.29, 1.82) is 0 Å². The second-order valence-corrected chi connectivity index (χ2v) is 4.61. The van der Waals surface area contributed by atoms with Gasteiger partial charge in [-0.25, -0.2) is 8.78 Å². The summed E-state index contributed by atoms with van der Waals surface area (Å²) in [6.45, 7) is 1.75. The van der Waals surface area contributed by atoms with E-state index in [1.54, 1.807) is 4.90 Å². The first-order valence-electron chi connectivity index (χ1n) is 6.02. The van der Waals surface area contributed by atoms with Crippen LogP contribution in [0.4, 0.5) is 8.78 Å². The Labute approximate surface area is 105 Å². The summed E-state index contributed by atoms with van der Waals surface area (Å²) in [5, 5.41) is 0. The van der Waals surface area contributed by atoms with E-state index >= 15 is 0 Å². The SMILES string of the molecule is NC[C@@H]1CCN(C(=O)Cc2c(F)cccc2F)C1. The first-order chi connectivity index (χ1) is 8.61. The Bertz CT molecular complexity index is 430. The zero-order valence-corrected chi connectivity index (χ0v) is 10.0. The summed E-state index contributed by atoms with van der Waals surface area (Å²) < 4.78 is 26.8. The van der Waals surface area contributed by atoms with E-state index < -0.39 is 11.6 Å². The molecule has 0 unspecified atom stereocenters. The van der Waals surface area contributed by atoms with Gasteiger partial charge in [0.25, 0.3) is 0 Å². The zero-order chi connectivity index (χ0) is 13.1. The number of nitrogens with two attached hydrogens (primary N) is 1. The first kappa shape index (κ1) is 13.0. The Morgan fingerprint density at radius 1 is 1.39 bits per heavy atom. The molecule has 5 heteroatoms. The van der Waals surface area contributed by atoms with Gasteiger partial charge >= 0.3 is 0 Å². The second-order valence-electron chi connectivity index (χ2n) is 4.61. The van der Waals surface area contributed by atoms with Gasteiger partial charge in [0.15, 0.2) is 0 Å². The standard InChI is InChI=1S/C13H16F2N2O/c14-11-2-1-3-12(15)10(11)6-13(18)17-5-4-9(7-16)8-17/h1-3,9H,4-8,16H2/t9-/m0/s1. The van der Waals surface area contributed by atoms with E-state index in [0.717, 1.165) is 6.42 Å². The predicted molar refractivity (Wildman–Crippen MR) is 63.8 cm³/mol. The van der Waals surface area contributed by atoms with Gasteiger partial charge in [0.2, 0.25) is 5.91 Å². The van der Waals surface area contributed by atoms with Crippen molar-refractivity contribution in [2.45, 2.75) is 12.8 Å². The normalized spacial score (nSPS) is 19.3. The maximum Gasteiger partial charge on any atom is 0.227 e. The Morgan fingerprint density at radius 3 is 2.61 bits per heavy atom. The fourth-order valence-electron chi connectivity index (χ4n) is 2.22. The van der Waals surface area contributed by atoms with Crippen LogP contribution in [0, 0.1) is 17.6 Å². The van der Waals surface area contributed by atoms with Crippen molar-refractivity contribution >= 4 is 5.91 Å². The van der Waals surface area contributed by atoms with E-state index in [0.29, 0.717) is 25.6 Å². The third-order valence-electron chi connectivity index (χ3n) is 3.36. The number of carbonyl (C=O) groups is 1. The lowest BCUT2D eigenvalue weighted by Crippen LogP contribution is -2.31. The Hall–Kier alpha value is -1.49. The highest BCUT2D eigenvalue weighted by Crippen LogP contribution is 2.18. The topological polar surface area (TPSA) is 46.3 Å². The maximum absolute atomic E-state index is 13.4. The molecule has 1 aliphatic rings. The molecule has 1 amide bonds. The molecule has 1 aromatic rings. The van der Waals surface area contributed by atoms with Crippen LogP contribution in [0.5, 0.6) is 0 Å². The summed E-state index contributed by atoms with van der Waals surface area (Å²) >= 11 is 0. The molecule has 3 nitrogen and oxygen atoms in total. The van der Waals surface area contributed by atoms with E-state index in [1.165, 1.54) is 18.2 Å². The van der Waals surface area contributed by atoms with E-state index in [2.05, 4.69) is 0 Å². The van der Waals surface area contributed by atoms with Crippen LogP contribution >= 0.6 is 0 Å². The van der Waals surface area contributed by atoms with Gasteiger partial charge in [-0.2, -0.15) is 0 Å². The van der Waals surface area contributed by atoms with Gasteiger partial charge in [0, 0.05) is 18.7 Å². The molecule has 2 rings (SSSR count). The Morgan fingerprint density at radius 2 is 2.06 bits per heavy atom. The minimum absolute atomic E-state index is 0.154.